The molecule has 3 heteroatoms. The van der Waals surface area contributed by atoms with Gasteiger partial charge in [0.1, 0.15) is 0 Å². The van der Waals surface area contributed by atoms with Crippen molar-refractivity contribution in [3.63, 3.8) is 0 Å². The second kappa shape index (κ2) is 5.33. The van der Waals surface area contributed by atoms with E-state index in [-0.39, 0.29) is 5.43 Å². The van der Waals surface area contributed by atoms with E-state index in [9.17, 15) is 4.79 Å². The Morgan fingerprint density at radius 1 is 1.05 bits per heavy atom. The molecule has 0 atom stereocenters. The molecule has 20 heavy (non-hydrogen) atoms. The van der Waals surface area contributed by atoms with Gasteiger partial charge in [0.2, 0.25) is 0 Å². The number of unbranched alkanes of at least 4 members (excludes halogenated alkanes) is 1. The van der Waals surface area contributed by atoms with Crippen molar-refractivity contribution in [1.82, 2.24) is 4.57 Å². The summed E-state index contributed by atoms with van der Waals surface area (Å²) in [6.07, 6.45) is 2.23. The SMILES string of the molecule is CCCCn1c2ccccc2c(=O)c2cc(S)ccc21. The molecule has 3 aromatic rings. The normalized spacial score (nSPS) is 11.3. The van der Waals surface area contributed by atoms with Crippen molar-refractivity contribution < 1.29 is 0 Å². The molecule has 0 aliphatic heterocycles. The van der Waals surface area contributed by atoms with E-state index in [1.54, 1.807) is 0 Å². The second-order valence-corrected chi connectivity index (χ2v) is 5.57. The largest absolute Gasteiger partial charge is 0.340 e. The summed E-state index contributed by atoms with van der Waals surface area (Å²) in [6, 6.07) is 13.7. The Balaban J connectivity index is 2.46. The summed E-state index contributed by atoms with van der Waals surface area (Å²) < 4.78 is 2.25. The van der Waals surface area contributed by atoms with Crippen molar-refractivity contribution in [1.29, 1.82) is 0 Å². The Morgan fingerprint density at radius 2 is 1.80 bits per heavy atom. The van der Waals surface area contributed by atoms with E-state index < -0.39 is 0 Å². The van der Waals surface area contributed by atoms with Gasteiger partial charge >= 0.3 is 0 Å². The number of hydrogen-bond donors (Lipinski definition) is 1. The average molecular weight is 283 g/mol. The molecule has 0 unspecified atom stereocenters. The van der Waals surface area contributed by atoms with E-state index >= 15 is 0 Å². The number of hydrogen-bond acceptors (Lipinski definition) is 2. The highest BCUT2D eigenvalue weighted by Gasteiger charge is 2.10. The molecule has 0 amide bonds. The first-order valence-electron chi connectivity index (χ1n) is 6.96. The van der Waals surface area contributed by atoms with E-state index in [0.29, 0.717) is 0 Å². The lowest BCUT2D eigenvalue weighted by molar-refractivity contribution is 0.662. The molecule has 0 spiro atoms. The van der Waals surface area contributed by atoms with E-state index in [2.05, 4.69) is 24.1 Å². The zero-order chi connectivity index (χ0) is 14.1. The van der Waals surface area contributed by atoms with E-state index in [1.807, 2.05) is 42.5 Å². The Bertz CT molecular complexity index is 835. The zero-order valence-electron chi connectivity index (χ0n) is 11.5. The van der Waals surface area contributed by atoms with Crippen LogP contribution in [-0.2, 0) is 6.54 Å². The fraction of sp³-hybridized carbons (Fsp3) is 0.235. The molecule has 2 nitrogen and oxygen atoms in total. The van der Waals surface area contributed by atoms with Crippen molar-refractivity contribution in [2.75, 3.05) is 0 Å². The van der Waals surface area contributed by atoms with Crippen LogP contribution in [0.4, 0.5) is 0 Å². The highest BCUT2D eigenvalue weighted by atomic mass is 32.1. The molecule has 0 radical (unpaired) electrons. The Morgan fingerprint density at radius 3 is 2.60 bits per heavy atom. The highest BCUT2D eigenvalue weighted by molar-refractivity contribution is 7.80. The molecule has 102 valence electrons. The van der Waals surface area contributed by atoms with Gasteiger partial charge in [-0.15, -0.1) is 12.6 Å². The van der Waals surface area contributed by atoms with Gasteiger partial charge in [-0.05, 0) is 36.8 Å². The van der Waals surface area contributed by atoms with Crippen molar-refractivity contribution in [2.45, 2.75) is 31.2 Å². The van der Waals surface area contributed by atoms with Gasteiger partial charge < -0.3 is 4.57 Å². The number of para-hydroxylation sites is 1. The number of thiol groups is 1. The molecular formula is C17H17NOS. The van der Waals surface area contributed by atoms with E-state index in [0.717, 1.165) is 46.1 Å². The summed E-state index contributed by atoms with van der Waals surface area (Å²) in [7, 11) is 0. The molecule has 0 aliphatic carbocycles. The maximum atomic E-state index is 12.6. The lowest BCUT2D eigenvalue weighted by Gasteiger charge is -2.15. The molecule has 1 aromatic heterocycles. The predicted octanol–water partition coefficient (Wildman–Crippen LogP) is 4.24. The number of aryl methyl sites for hydroxylation is 1. The molecular weight excluding hydrogens is 266 g/mol. The summed E-state index contributed by atoms with van der Waals surface area (Å²) >= 11 is 4.36. The topological polar surface area (TPSA) is 22.0 Å². The minimum atomic E-state index is 0.0965. The number of aromatic nitrogens is 1. The lowest BCUT2D eigenvalue weighted by atomic mass is 10.1. The maximum absolute atomic E-state index is 12.6. The molecule has 2 aromatic carbocycles. The van der Waals surface area contributed by atoms with Crippen LogP contribution in [0.5, 0.6) is 0 Å². The van der Waals surface area contributed by atoms with Crippen LogP contribution < -0.4 is 5.43 Å². The quantitative estimate of drug-likeness (QED) is 0.563. The number of fused-ring (bicyclic) bond motifs is 2. The maximum Gasteiger partial charge on any atom is 0.197 e. The van der Waals surface area contributed by atoms with Crippen LogP contribution >= 0.6 is 12.6 Å². The molecule has 0 fully saturated rings. The molecule has 0 aliphatic rings. The first-order chi connectivity index (χ1) is 9.72. The fourth-order valence-corrected chi connectivity index (χ4v) is 2.88. The van der Waals surface area contributed by atoms with E-state index in [4.69, 9.17) is 0 Å². The summed E-state index contributed by atoms with van der Waals surface area (Å²) in [5, 5.41) is 1.54. The van der Waals surface area contributed by atoms with Gasteiger partial charge in [0.05, 0.1) is 11.0 Å². The highest BCUT2D eigenvalue weighted by Crippen LogP contribution is 2.22. The number of rotatable bonds is 3. The van der Waals surface area contributed by atoms with Crippen LogP contribution in [0.2, 0.25) is 0 Å². The molecule has 3 rings (SSSR count). The van der Waals surface area contributed by atoms with Gasteiger partial charge in [0.25, 0.3) is 0 Å². The van der Waals surface area contributed by atoms with Crippen LogP contribution in [0.25, 0.3) is 21.8 Å². The minimum absolute atomic E-state index is 0.0965. The van der Waals surface area contributed by atoms with Gasteiger partial charge in [0, 0.05) is 22.2 Å². The monoisotopic (exact) mass is 283 g/mol. The first-order valence-corrected chi connectivity index (χ1v) is 7.41. The fourth-order valence-electron chi connectivity index (χ4n) is 2.67. The first kappa shape index (κ1) is 13.3. The molecule has 0 saturated carbocycles. The van der Waals surface area contributed by atoms with Crippen molar-refractivity contribution >= 4 is 34.4 Å². The second-order valence-electron chi connectivity index (χ2n) is 5.05. The van der Waals surface area contributed by atoms with Crippen molar-refractivity contribution in [2.24, 2.45) is 0 Å². The number of nitrogens with zero attached hydrogens (tertiary/aromatic N) is 1. The smallest absolute Gasteiger partial charge is 0.197 e. The van der Waals surface area contributed by atoms with Gasteiger partial charge in [0.15, 0.2) is 5.43 Å². The summed E-state index contributed by atoms with van der Waals surface area (Å²) in [5.74, 6) is 0. The standard InChI is InChI=1S/C17H17NOS/c1-2-3-10-18-15-7-5-4-6-13(15)17(19)14-11-12(20)8-9-16(14)18/h4-9,11,20H,2-3,10H2,1H3. The number of benzene rings is 2. The van der Waals surface area contributed by atoms with Gasteiger partial charge in [-0.1, -0.05) is 25.5 Å². The molecule has 0 saturated heterocycles. The summed E-state index contributed by atoms with van der Waals surface area (Å²) in [5.41, 5.74) is 2.12. The summed E-state index contributed by atoms with van der Waals surface area (Å²) in [4.78, 5) is 13.4. The average Bonchev–Trinajstić information content (AvgIpc) is 2.48. The van der Waals surface area contributed by atoms with Crippen LogP contribution in [0.3, 0.4) is 0 Å². The Labute approximate surface area is 123 Å². The predicted molar refractivity (Wildman–Crippen MR) is 87.9 cm³/mol. The van der Waals surface area contributed by atoms with Gasteiger partial charge in [-0.25, -0.2) is 0 Å². The third kappa shape index (κ3) is 2.12. The molecule has 1 heterocycles. The Hall–Kier alpha value is -1.74. The lowest BCUT2D eigenvalue weighted by Crippen LogP contribution is -2.11. The van der Waals surface area contributed by atoms with Crippen LogP contribution in [0, 0.1) is 0 Å². The zero-order valence-corrected chi connectivity index (χ0v) is 12.4. The van der Waals surface area contributed by atoms with Crippen LogP contribution in [0.1, 0.15) is 19.8 Å². The molecule has 0 N–H and O–H groups in total. The van der Waals surface area contributed by atoms with Gasteiger partial charge in [-0.3, -0.25) is 4.79 Å². The summed E-state index contributed by atoms with van der Waals surface area (Å²) in [6.45, 7) is 3.11. The van der Waals surface area contributed by atoms with Crippen molar-refractivity contribution in [3.8, 4) is 0 Å². The van der Waals surface area contributed by atoms with Crippen LogP contribution in [0.15, 0.2) is 52.2 Å². The minimum Gasteiger partial charge on any atom is -0.340 e. The number of pyridine rings is 1. The third-order valence-electron chi connectivity index (χ3n) is 3.69. The van der Waals surface area contributed by atoms with E-state index in [1.165, 1.54) is 0 Å². The third-order valence-corrected chi connectivity index (χ3v) is 3.97. The van der Waals surface area contributed by atoms with Gasteiger partial charge in [-0.2, -0.15) is 0 Å². The van der Waals surface area contributed by atoms with Crippen LogP contribution in [-0.4, -0.2) is 4.57 Å². The molecule has 0 bridgehead atoms. The van der Waals surface area contributed by atoms with Crippen molar-refractivity contribution in [3.05, 3.63) is 52.7 Å². The Kier molecular flexibility index (Phi) is 3.53.